The molecule has 0 amide bonds. The summed E-state index contributed by atoms with van der Waals surface area (Å²) in [6.45, 7) is 2.05. The van der Waals surface area contributed by atoms with Crippen molar-refractivity contribution in [1.29, 1.82) is 0 Å². The van der Waals surface area contributed by atoms with Gasteiger partial charge in [-0.3, -0.25) is 0 Å². The van der Waals surface area contributed by atoms with E-state index in [9.17, 15) is 0 Å². The minimum absolute atomic E-state index is 0.775. The van der Waals surface area contributed by atoms with Crippen molar-refractivity contribution in [3.8, 4) is 23.7 Å². The average Bonchev–Trinajstić information content (AvgIpc) is 2.87. The van der Waals surface area contributed by atoms with Gasteiger partial charge in [-0.1, -0.05) is 30.6 Å². The zero-order valence-electron chi connectivity index (χ0n) is 11.9. The Labute approximate surface area is 126 Å². The summed E-state index contributed by atoms with van der Waals surface area (Å²) >= 11 is 0. The molecule has 2 aromatic carbocycles. The van der Waals surface area contributed by atoms with E-state index in [1.165, 1.54) is 0 Å². The quantitative estimate of drug-likeness (QED) is 0.436. The van der Waals surface area contributed by atoms with E-state index in [2.05, 4.69) is 45.1 Å². The van der Waals surface area contributed by atoms with E-state index in [1.807, 2.05) is 31.2 Å². The Morgan fingerprint density at radius 3 is 2.00 bits per heavy atom. The van der Waals surface area contributed by atoms with Crippen molar-refractivity contribution in [2.75, 3.05) is 6.16 Å². The van der Waals surface area contributed by atoms with Crippen LogP contribution in [-0.2, 0) is 0 Å². The Hall–Kier alpha value is -2.21. The minimum Gasteiger partial charge on any atom is -0.456 e. The van der Waals surface area contributed by atoms with Crippen molar-refractivity contribution in [2.45, 2.75) is 13.3 Å². The van der Waals surface area contributed by atoms with Crippen molar-refractivity contribution in [3.63, 3.8) is 0 Å². The van der Waals surface area contributed by atoms with Crippen molar-refractivity contribution in [3.05, 3.63) is 47.5 Å². The van der Waals surface area contributed by atoms with Crippen LogP contribution in [0.15, 0.2) is 40.8 Å². The van der Waals surface area contributed by atoms with E-state index in [4.69, 9.17) is 4.42 Å². The van der Waals surface area contributed by atoms with Crippen LogP contribution in [0.5, 0.6) is 0 Å². The molecule has 0 fully saturated rings. The van der Waals surface area contributed by atoms with E-state index in [1.54, 1.807) is 0 Å². The van der Waals surface area contributed by atoms with Gasteiger partial charge >= 0.3 is 0 Å². The molecule has 0 radical (unpaired) electrons. The van der Waals surface area contributed by atoms with Gasteiger partial charge in [-0.15, -0.1) is 9.24 Å². The van der Waals surface area contributed by atoms with Crippen LogP contribution in [0.1, 0.15) is 24.5 Å². The summed E-state index contributed by atoms with van der Waals surface area (Å²) in [6, 6.07) is 12.2. The largest absolute Gasteiger partial charge is 0.456 e. The lowest BCUT2D eigenvalue weighted by atomic mass is 10.1. The van der Waals surface area contributed by atoms with Gasteiger partial charge < -0.3 is 4.42 Å². The summed E-state index contributed by atoms with van der Waals surface area (Å²) in [5.74, 6) is 12.4. The Morgan fingerprint density at radius 1 is 0.905 bits per heavy atom. The van der Waals surface area contributed by atoms with Crippen LogP contribution in [0, 0.1) is 23.7 Å². The predicted octanol–water partition coefficient (Wildman–Crippen LogP) is 4.57. The predicted molar refractivity (Wildman–Crippen MR) is 92.3 cm³/mol. The second kappa shape index (κ2) is 6.05. The Morgan fingerprint density at radius 2 is 1.48 bits per heavy atom. The lowest BCUT2D eigenvalue weighted by molar-refractivity contribution is 0.668. The lowest BCUT2D eigenvalue weighted by Crippen LogP contribution is -1.74. The zero-order valence-corrected chi connectivity index (χ0v) is 13.0. The molecule has 1 nitrogen and oxygen atoms in total. The van der Waals surface area contributed by atoms with E-state index in [-0.39, 0.29) is 0 Å². The highest BCUT2D eigenvalue weighted by molar-refractivity contribution is 7.16. The summed E-state index contributed by atoms with van der Waals surface area (Å²) in [5.41, 5.74) is 3.73. The minimum atomic E-state index is 0.775. The summed E-state index contributed by atoms with van der Waals surface area (Å²) < 4.78 is 5.95. The summed E-state index contributed by atoms with van der Waals surface area (Å²) in [7, 11) is 2.61. The molecular formula is C19H15OP. The monoisotopic (exact) mass is 290 g/mol. The third kappa shape index (κ3) is 2.80. The second-order valence-electron chi connectivity index (χ2n) is 4.69. The number of hydrogen-bond acceptors (Lipinski definition) is 1. The molecule has 0 aliphatic carbocycles. The first kappa shape index (κ1) is 13.8. The number of rotatable bonds is 0. The molecule has 0 saturated carbocycles. The average molecular weight is 290 g/mol. The highest BCUT2D eigenvalue weighted by Crippen LogP contribution is 2.29. The molecule has 1 atom stereocenters. The Bertz CT molecular complexity index is 850. The molecule has 0 N–H and O–H groups in total. The molecule has 21 heavy (non-hydrogen) atoms. The lowest BCUT2D eigenvalue weighted by Gasteiger charge is -1.91. The van der Waals surface area contributed by atoms with Crippen molar-refractivity contribution in [1.82, 2.24) is 0 Å². The molecule has 0 spiro atoms. The van der Waals surface area contributed by atoms with Crippen LogP contribution in [0.3, 0.4) is 0 Å². The highest BCUT2D eigenvalue weighted by atomic mass is 31.0. The number of hydrogen-bond donors (Lipinski definition) is 0. The third-order valence-electron chi connectivity index (χ3n) is 3.22. The van der Waals surface area contributed by atoms with Gasteiger partial charge in [0.1, 0.15) is 11.2 Å². The summed E-state index contributed by atoms with van der Waals surface area (Å²) in [5, 5.41) is 2.24. The van der Waals surface area contributed by atoms with Crippen LogP contribution in [0.25, 0.3) is 21.9 Å². The molecule has 1 aromatic heterocycles. The summed E-state index contributed by atoms with van der Waals surface area (Å²) in [4.78, 5) is 0. The molecule has 1 unspecified atom stereocenters. The molecule has 1 heterocycles. The van der Waals surface area contributed by atoms with Gasteiger partial charge in [0.05, 0.1) is 0 Å². The highest BCUT2D eigenvalue weighted by Gasteiger charge is 2.07. The topological polar surface area (TPSA) is 13.1 Å². The molecule has 102 valence electrons. The van der Waals surface area contributed by atoms with Crippen LogP contribution >= 0.6 is 9.24 Å². The van der Waals surface area contributed by atoms with Gasteiger partial charge in [0.25, 0.3) is 0 Å². The Balaban J connectivity index is 2.14. The number of fused-ring (bicyclic) bond motifs is 3. The molecule has 0 bridgehead atoms. The molecule has 3 aromatic rings. The maximum atomic E-state index is 5.95. The van der Waals surface area contributed by atoms with Gasteiger partial charge in [-0.25, -0.2) is 0 Å². The fourth-order valence-corrected chi connectivity index (χ4v) is 2.38. The van der Waals surface area contributed by atoms with E-state index < -0.39 is 0 Å². The van der Waals surface area contributed by atoms with Gasteiger partial charge in [0.15, 0.2) is 0 Å². The molecule has 2 heteroatoms. The SMILES string of the molecule is CCC#Cc1ccc2c(c1)oc1cc(C#CCP)ccc12. The molecule has 0 aliphatic rings. The Kier molecular flexibility index (Phi) is 3.96. The molecule has 0 aliphatic heterocycles. The number of furan rings is 1. The van der Waals surface area contributed by atoms with Crippen LogP contribution < -0.4 is 0 Å². The van der Waals surface area contributed by atoms with Crippen LogP contribution in [-0.4, -0.2) is 6.16 Å². The first-order valence-corrected chi connectivity index (χ1v) is 7.77. The fraction of sp³-hybridized carbons (Fsp3) is 0.158. The van der Waals surface area contributed by atoms with Gasteiger partial charge in [0, 0.05) is 34.5 Å². The van der Waals surface area contributed by atoms with Crippen molar-refractivity contribution >= 4 is 31.2 Å². The maximum absolute atomic E-state index is 5.95. The second-order valence-corrected chi connectivity index (χ2v) is 5.09. The van der Waals surface area contributed by atoms with Gasteiger partial charge in [-0.2, -0.15) is 0 Å². The van der Waals surface area contributed by atoms with Crippen molar-refractivity contribution in [2.24, 2.45) is 0 Å². The maximum Gasteiger partial charge on any atom is 0.136 e. The number of benzene rings is 2. The zero-order chi connectivity index (χ0) is 14.7. The van der Waals surface area contributed by atoms with Crippen LogP contribution in [0.2, 0.25) is 0 Å². The normalized spacial score (nSPS) is 10.0. The standard InChI is InChI=1S/C19H15OP/c1-2-3-5-14-7-9-16-17-10-8-15(6-4-11-21)13-19(17)20-18(16)12-14/h7-10,12-13H,2,11,21H2,1H3. The fourth-order valence-electron chi connectivity index (χ4n) is 2.28. The smallest absolute Gasteiger partial charge is 0.136 e. The van der Waals surface area contributed by atoms with Gasteiger partial charge in [-0.05, 0) is 36.4 Å². The van der Waals surface area contributed by atoms with Crippen LogP contribution in [0.4, 0.5) is 0 Å². The first-order chi connectivity index (χ1) is 10.3. The van der Waals surface area contributed by atoms with E-state index in [0.29, 0.717) is 0 Å². The molecule has 3 rings (SSSR count). The molecular weight excluding hydrogens is 275 g/mol. The molecule has 0 saturated heterocycles. The van der Waals surface area contributed by atoms with Gasteiger partial charge in [0.2, 0.25) is 0 Å². The van der Waals surface area contributed by atoms with E-state index >= 15 is 0 Å². The summed E-state index contributed by atoms with van der Waals surface area (Å²) in [6.07, 6.45) is 1.63. The first-order valence-electron chi connectivity index (χ1n) is 6.96. The van der Waals surface area contributed by atoms with Crippen molar-refractivity contribution < 1.29 is 4.42 Å². The third-order valence-corrected chi connectivity index (χ3v) is 3.42. The van der Waals surface area contributed by atoms with E-state index in [0.717, 1.165) is 45.6 Å².